The average molecular weight is 267 g/mol. The Hall–Kier alpha value is -1.63. The Balaban J connectivity index is 2.11. The molecule has 1 saturated heterocycles. The van der Waals surface area contributed by atoms with Crippen LogP contribution in [0.4, 0.5) is 11.6 Å². The molecule has 1 aliphatic rings. The monoisotopic (exact) mass is 267 g/mol. The van der Waals surface area contributed by atoms with E-state index in [1.807, 2.05) is 11.5 Å². The summed E-state index contributed by atoms with van der Waals surface area (Å²) in [6.45, 7) is 7.23. The van der Waals surface area contributed by atoms with Crippen LogP contribution in [0.2, 0.25) is 0 Å². The number of nitrogens with one attached hydrogen (secondary N) is 2. The quantitative estimate of drug-likeness (QED) is 0.624. The molecule has 1 aromatic heterocycles. The molecule has 0 aromatic carbocycles. The predicted octanol–water partition coefficient (Wildman–Crippen LogP) is 1.53. The summed E-state index contributed by atoms with van der Waals surface area (Å²) in [6.07, 6.45) is 2.33. The highest BCUT2D eigenvalue weighted by atomic mass is 16.6. The van der Waals surface area contributed by atoms with E-state index in [1.165, 1.54) is 6.42 Å². The maximum Gasteiger partial charge on any atom is 0.406 e. The summed E-state index contributed by atoms with van der Waals surface area (Å²) >= 11 is 0. The minimum atomic E-state index is -0.416. The third kappa shape index (κ3) is 3.04. The maximum absolute atomic E-state index is 11.0. The van der Waals surface area contributed by atoms with E-state index in [0.717, 1.165) is 26.1 Å². The molecule has 7 nitrogen and oxygen atoms in total. The van der Waals surface area contributed by atoms with Crippen LogP contribution in [0.25, 0.3) is 0 Å². The lowest BCUT2D eigenvalue weighted by Crippen LogP contribution is -2.33. The van der Waals surface area contributed by atoms with E-state index in [4.69, 9.17) is 0 Å². The van der Waals surface area contributed by atoms with Gasteiger partial charge in [-0.2, -0.15) is 0 Å². The second kappa shape index (κ2) is 6.01. The van der Waals surface area contributed by atoms with E-state index in [0.29, 0.717) is 24.1 Å². The molecule has 0 radical (unpaired) electrons. The highest BCUT2D eigenvalue weighted by molar-refractivity contribution is 5.53. The van der Waals surface area contributed by atoms with Crippen LogP contribution < -0.4 is 10.6 Å². The van der Waals surface area contributed by atoms with Crippen LogP contribution in [0.3, 0.4) is 0 Å². The lowest BCUT2D eigenvalue weighted by molar-refractivity contribution is -0.388. The SMILES string of the molecule is CCn1c(C)nc([N+](=O)[O-])c1NCC1CCCNC1. The highest BCUT2D eigenvalue weighted by Gasteiger charge is 2.25. The number of piperidine rings is 1. The Bertz CT molecular complexity index is 451. The fourth-order valence-electron chi connectivity index (χ4n) is 2.58. The van der Waals surface area contributed by atoms with Gasteiger partial charge in [-0.1, -0.05) is 0 Å². The topological polar surface area (TPSA) is 85.0 Å². The summed E-state index contributed by atoms with van der Waals surface area (Å²) in [5.41, 5.74) is 0. The molecule has 2 heterocycles. The number of hydrogen-bond acceptors (Lipinski definition) is 5. The van der Waals surface area contributed by atoms with Crippen LogP contribution in [0.5, 0.6) is 0 Å². The highest BCUT2D eigenvalue weighted by Crippen LogP contribution is 2.25. The van der Waals surface area contributed by atoms with Crippen molar-refractivity contribution in [1.82, 2.24) is 14.9 Å². The smallest absolute Gasteiger partial charge is 0.364 e. The van der Waals surface area contributed by atoms with Gasteiger partial charge in [0, 0.05) is 20.0 Å². The Morgan fingerprint density at radius 2 is 2.42 bits per heavy atom. The second-order valence-corrected chi connectivity index (χ2v) is 4.93. The molecule has 0 amide bonds. The lowest BCUT2D eigenvalue weighted by atomic mass is 10.00. The molecule has 1 atom stereocenters. The number of rotatable bonds is 5. The molecular weight excluding hydrogens is 246 g/mol. The molecule has 19 heavy (non-hydrogen) atoms. The minimum absolute atomic E-state index is 0.0666. The molecular formula is C12H21N5O2. The van der Waals surface area contributed by atoms with Crippen molar-refractivity contribution in [2.24, 2.45) is 5.92 Å². The Labute approximate surface area is 112 Å². The third-order valence-corrected chi connectivity index (χ3v) is 3.59. The molecule has 1 fully saturated rings. The number of anilines is 1. The standard InChI is InChI=1S/C12H21N5O2/c1-3-16-9(2)15-12(17(18)19)11(16)14-8-10-5-4-6-13-7-10/h10,13-14H,3-8H2,1-2H3. The van der Waals surface area contributed by atoms with Gasteiger partial charge in [-0.25, -0.2) is 0 Å². The van der Waals surface area contributed by atoms with E-state index in [1.54, 1.807) is 6.92 Å². The summed E-state index contributed by atoms with van der Waals surface area (Å²) in [4.78, 5) is 14.6. The van der Waals surface area contributed by atoms with Crippen LogP contribution in [-0.4, -0.2) is 34.1 Å². The number of nitro groups is 1. The molecule has 1 unspecified atom stereocenters. The molecule has 1 aromatic rings. The molecule has 1 aliphatic heterocycles. The van der Waals surface area contributed by atoms with Crippen LogP contribution in [0, 0.1) is 23.0 Å². The zero-order valence-electron chi connectivity index (χ0n) is 11.5. The van der Waals surface area contributed by atoms with Gasteiger partial charge in [0.2, 0.25) is 11.6 Å². The molecule has 0 spiro atoms. The second-order valence-electron chi connectivity index (χ2n) is 4.93. The van der Waals surface area contributed by atoms with Gasteiger partial charge in [0.25, 0.3) is 0 Å². The summed E-state index contributed by atoms with van der Waals surface area (Å²) < 4.78 is 1.86. The summed E-state index contributed by atoms with van der Waals surface area (Å²) in [6, 6.07) is 0. The normalized spacial score (nSPS) is 19.4. The molecule has 0 aliphatic carbocycles. The van der Waals surface area contributed by atoms with Gasteiger partial charge >= 0.3 is 5.82 Å². The number of imidazole rings is 1. The number of aromatic nitrogens is 2. The van der Waals surface area contributed by atoms with Crippen molar-refractivity contribution in [1.29, 1.82) is 0 Å². The minimum Gasteiger partial charge on any atom is -0.364 e. The number of hydrogen-bond donors (Lipinski definition) is 2. The van der Waals surface area contributed by atoms with Gasteiger partial charge < -0.3 is 20.7 Å². The maximum atomic E-state index is 11.0. The van der Waals surface area contributed by atoms with E-state index >= 15 is 0 Å². The number of nitrogens with zero attached hydrogens (tertiary/aromatic N) is 3. The first-order valence-electron chi connectivity index (χ1n) is 6.79. The molecule has 0 saturated carbocycles. The van der Waals surface area contributed by atoms with Gasteiger partial charge in [0.15, 0.2) is 0 Å². The van der Waals surface area contributed by atoms with E-state index in [2.05, 4.69) is 15.6 Å². The fraction of sp³-hybridized carbons (Fsp3) is 0.750. The lowest BCUT2D eigenvalue weighted by Gasteiger charge is -2.23. The largest absolute Gasteiger partial charge is 0.406 e. The molecule has 0 bridgehead atoms. The van der Waals surface area contributed by atoms with Crippen molar-refractivity contribution in [3.8, 4) is 0 Å². The zero-order valence-corrected chi connectivity index (χ0v) is 11.5. The van der Waals surface area contributed by atoms with Gasteiger partial charge in [0.05, 0.1) is 0 Å². The van der Waals surface area contributed by atoms with Gasteiger partial charge in [0.1, 0.15) is 0 Å². The van der Waals surface area contributed by atoms with Crippen molar-refractivity contribution in [3.63, 3.8) is 0 Å². The van der Waals surface area contributed by atoms with Gasteiger partial charge in [-0.3, -0.25) is 4.57 Å². The molecule has 7 heteroatoms. The summed E-state index contributed by atoms with van der Waals surface area (Å²) in [5, 5.41) is 17.6. The van der Waals surface area contributed by atoms with Crippen molar-refractivity contribution in [2.45, 2.75) is 33.2 Å². The first-order chi connectivity index (χ1) is 9.13. The summed E-state index contributed by atoms with van der Waals surface area (Å²) in [5.74, 6) is 1.67. The van der Waals surface area contributed by atoms with E-state index < -0.39 is 4.92 Å². The van der Waals surface area contributed by atoms with Crippen LogP contribution >= 0.6 is 0 Å². The van der Waals surface area contributed by atoms with Crippen molar-refractivity contribution >= 4 is 11.6 Å². The third-order valence-electron chi connectivity index (χ3n) is 3.59. The first kappa shape index (κ1) is 13.8. The van der Waals surface area contributed by atoms with Crippen molar-refractivity contribution in [3.05, 3.63) is 15.9 Å². The zero-order chi connectivity index (χ0) is 13.8. The van der Waals surface area contributed by atoms with Crippen LogP contribution in [0.15, 0.2) is 0 Å². The van der Waals surface area contributed by atoms with Crippen molar-refractivity contribution in [2.75, 3.05) is 25.0 Å². The molecule has 2 N–H and O–H groups in total. The Morgan fingerprint density at radius 3 is 3.00 bits per heavy atom. The van der Waals surface area contributed by atoms with Crippen molar-refractivity contribution < 1.29 is 4.92 Å². The van der Waals surface area contributed by atoms with E-state index in [9.17, 15) is 10.1 Å². The Morgan fingerprint density at radius 1 is 1.63 bits per heavy atom. The van der Waals surface area contributed by atoms with Gasteiger partial charge in [-0.05, 0) is 48.7 Å². The predicted molar refractivity (Wildman–Crippen MR) is 73.4 cm³/mol. The molecule has 2 rings (SSSR count). The van der Waals surface area contributed by atoms with Gasteiger partial charge in [-0.15, -0.1) is 0 Å². The first-order valence-corrected chi connectivity index (χ1v) is 6.79. The fourth-order valence-corrected chi connectivity index (χ4v) is 2.58. The average Bonchev–Trinajstić information content (AvgIpc) is 2.74. The van der Waals surface area contributed by atoms with Crippen LogP contribution in [-0.2, 0) is 6.54 Å². The van der Waals surface area contributed by atoms with Crippen LogP contribution in [0.1, 0.15) is 25.6 Å². The van der Waals surface area contributed by atoms with E-state index in [-0.39, 0.29) is 5.82 Å². The molecule has 106 valence electrons. The summed E-state index contributed by atoms with van der Waals surface area (Å²) in [7, 11) is 0. The Kier molecular flexibility index (Phi) is 4.36. The number of aryl methyl sites for hydroxylation is 1.